The van der Waals surface area contributed by atoms with Crippen molar-refractivity contribution in [2.75, 3.05) is 6.54 Å². The average molecular weight is 466 g/mol. The van der Waals surface area contributed by atoms with Crippen LogP contribution in [0.4, 0.5) is 8.78 Å². The number of nitrogens with one attached hydrogen (secondary N) is 1. The number of halogens is 4. The van der Waals surface area contributed by atoms with Crippen molar-refractivity contribution in [2.24, 2.45) is 0 Å². The van der Waals surface area contributed by atoms with E-state index in [0.717, 1.165) is 26.2 Å². The highest BCUT2D eigenvalue weighted by molar-refractivity contribution is 14.1. The molecular formula is C16H15BrF2IN. The van der Waals surface area contributed by atoms with E-state index in [1.165, 1.54) is 12.1 Å². The molecule has 1 nitrogen and oxygen atoms in total. The fraction of sp³-hybridized carbons (Fsp3) is 0.250. The Bertz CT molecular complexity index is 613. The van der Waals surface area contributed by atoms with Gasteiger partial charge in [0.25, 0.3) is 0 Å². The Hall–Kier alpha value is -0.530. The third-order valence-corrected chi connectivity index (χ3v) is 4.54. The molecule has 21 heavy (non-hydrogen) atoms. The van der Waals surface area contributed by atoms with Crippen LogP contribution < -0.4 is 5.32 Å². The fourth-order valence-corrected chi connectivity index (χ4v) is 3.32. The Kier molecular flexibility index (Phi) is 6.13. The normalized spacial score (nSPS) is 12.4. The molecule has 112 valence electrons. The summed E-state index contributed by atoms with van der Waals surface area (Å²) in [6, 6.07) is 9.75. The Morgan fingerprint density at radius 1 is 1.14 bits per heavy atom. The largest absolute Gasteiger partial charge is 0.310 e. The van der Waals surface area contributed by atoms with Crippen molar-refractivity contribution in [1.29, 1.82) is 0 Å². The van der Waals surface area contributed by atoms with Gasteiger partial charge in [-0.2, -0.15) is 0 Å². The van der Waals surface area contributed by atoms with E-state index in [4.69, 9.17) is 0 Å². The number of rotatable bonds is 5. The van der Waals surface area contributed by atoms with Crippen LogP contribution in [0.3, 0.4) is 0 Å². The van der Waals surface area contributed by atoms with Gasteiger partial charge in [-0.05, 0) is 77.0 Å². The molecule has 0 aliphatic rings. The van der Waals surface area contributed by atoms with Crippen LogP contribution in [0.25, 0.3) is 0 Å². The quantitative estimate of drug-likeness (QED) is 0.596. The molecular weight excluding hydrogens is 451 g/mol. The van der Waals surface area contributed by atoms with Crippen LogP contribution in [0.2, 0.25) is 0 Å². The van der Waals surface area contributed by atoms with E-state index >= 15 is 0 Å². The summed E-state index contributed by atoms with van der Waals surface area (Å²) in [5.41, 5.74) is 1.73. The molecule has 0 amide bonds. The molecule has 2 aromatic carbocycles. The van der Waals surface area contributed by atoms with E-state index < -0.39 is 11.6 Å². The average Bonchev–Trinajstić information content (AvgIpc) is 2.40. The van der Waals surface area contributed by atoms with Crippen LogP contribution in [-0.4, -0.2) is 6.54 Å². The van der Waals surface area contributed by atoms with Crippen molar-refractivity contribution in [3.8, 4) is 0 Å². The van der Waals surface area contributed by atoms with Crippen LogP contribution >= 0.6 is 38.5 Å². The summed E-state index contributed by atoms with van der Waals surface area (Å²) in [6.45, 7) is 2.79. The molecule has 0 bridgehead atoms. The maximum absolute atomic E-state index is 13.3. The molecule has 0 spiro atoms. The number of benzene rings is 2. The van der Waals surface area contributed by atoms with Gasteiger partial charge in [0.1, 0.15) is 11.6 Å². The number of hydrogen-bond donors (Lipinski definition) is 1. The van der Waals surface area contributed by atoms with Crippen molar-refractivity contribution in [3.63, 3.8) is 0 Å². The SMILES string of the molecule is CCNC(Cc1cc(F)cc(F)c1)c1cc(I)ccc1Br. The molecule has 5 heteroatoms. The summed E-state index contributed by atoms with van der Waals surface area (Å²) in [5.74, 6) is -1.08. The Morgan fingerprint density at radius 2 is 1.81 bits per heavy atom. The van der Waals surface area contributed by atoms with Gasteiger partial charge >= 0.3 is 0 Å². The lowest BCUT2D eigenvalue weighted by Gasteiger charge is -2.20. The first-order valence-corrected chi connectivity index (χ1v) is 8.50. The standard InChI is InChI=1S/C16H15BrF2IN/c1-2-21-16(14-9-13(20)3-4-15(14)17)7-10-5-11(18)8-12(19)6-10/h3-6,8-9,16,21H,2,7H2,1H3. The minimum Gasteiger partial charge on any atom is -0.310 e. The van der Waals surface area contributed by atoms with E-state index in [1.54, 1.807) is 0 Å². The van der Waals surface area contributed by atoms with Gasteiger partial charge in [0.2, 0.25) is 0 Å². The Balaban J connectivity index is 2.32. The van der Waals surface area contributed by atoms with Gasteiger partial charge in [-0.25, -0.2) is 8.78 Å². The van der Waals surface area contributed by atoms with Gasteiger partial charge in [-0.15, -0.1) is 0 Å². The van der Waals surface area contributed by atoms with Crippen LogP contribution in [0.15, 0.2) is 40.9 Å². The van der Waals surface area contributed by atoms with E-state index in [1.807, 2.05) is 19.1 Å². The Morgan fingerprint density at radius 3 is 2.43 bits per heavy atom. The molecule has 1 atom stereocenters. The lowest BCUT2D eigenvalue weighted by Crippen LogP contribution is -2.23. The summed E-state index contributed by atoms with van der Waals surface area (Å²) < 4.78 is 28.8. The monoisotopic (exact) mass is 465 g/mol. The van der Waals surface area contributed by atoms with Crippen molar-refractivity contribution in [3.05, 3.63) is 67.2 Å². The van der Waals surface area contributed by atoms with E-state index in [0.29, 0.717) is 12.0 Å². The molecule has 0 aliphatic carbocycles. The lowest BCUT2D eigenvalue weighted by atomic mass is 9.98. The maximum Gasteiger partial charge on any atom is 0.126 e. The maximum atomic E-state index is 13.3. The van der Waals surface area contributed by atoms with Gasteiger partial charge in [0.05, 0.1) is 0 Å². The predicted octanol–water partition coefficient (Wildman–Crippen LogP) is 5.23. The summed E-state index contributed by atoms with van der Waals surface area (Å²) in [5, 5.41) is 3.38. The van der Waals surface area contributed by atoms with Gasteiger partial charge < -0.3 is 5.32 Å². The van der Waals surface area contributed by atoms with E-state index in [9.17, 15) is 8.78 Å². The molecule has 1 N–H and O–H groups in total. The second-order valence-electron chi connectivity index (χ2n) is 4.76. The van der Waals surface area contributed by atoms with Crippen molar-refractivity contribution >= 4 is 38.5 Å². The zero-order valence-corrected chi connectivity index (χ0v) is 15.2. The first kappa shape index (κ1) is 16.8. The molecule has 2 aromatic rings. The topological polar surface area (TPSA) is 12.0 Å². The lowest BCUT2D eigenvalue weighted by molar-refractivity contribution is 0.537. The van der Waals surface area contributed by atoms with E-state index in [-0.39, 0.29) is 6.04 Å². The third-order valence-electron chi connectivity index (χ3n) is 3.15. The number of hydrogen-bond acceptors (Lipinski definition) is 1. The van der Waals surface area contributed by atoms with Gasteiger partial charge in [0.15, 0.2) is 0 Å². The minimum atomic E-state index is -0.540. The summed E-state index contributed by atoms with van der Waals surface area (Å²) >= 11 is 5.81. The molecule has 0 fully saturated rings. The second-order valence-corrected chi connectivity index (χ2v) is 6.86. The Labute approximate surface area is 145 Å². The summed E-state index contributed by atoms with van der Waals surface area (Å²) in [7, 11) is 0. The highest BCUT2D eigenvalue weighted by Gasteiger charge is 2.15. The second kappa shape index (κ2) is 7.65. The first-order chi connectivity index (χ1) is 9.99. The van der Waals surface area contributed by atoms with Crippen molar-refractivity contribution in [2.45, 2.75) is 19.4 Å². The summed E-state index contributed by atoms with van der Waals surface area (Å²) in [6.07, 6.45) is 0.529. The molecule has 0 heterocycles. The van der Waals surface area contributed by atoms with Crippen LogP contribution in [0.5, 0.6) is 0 Å². The number of likely N-dealkylation sites (N-methyl/N-ethyl adjacent to an activating group) is 1. The molecule has 0 saturated heterocycles. The highest BCUT2D eigenvalue weighted by atomic mass is 127. The van der Waals surface area contributed by atoms with Crippen LogP contribution in [-0.2, 0) is 6.42 Å². The molecule has 0 aliphatic heterocycles. The predicted molar refractivity (Wildman–Crippen MR) is 93.3 cm³/mol. The van der Waals surface area contributed by atoms with Gasteiger partial charge in [-0.1, -0.05) is 22.9 Å². The van der Waals surface area contributed by atoms with E-state index in [2.05, 4.69) is 49.9 Å². The zero-order chi connectivity index (χ0) is 15.4. The molecule has 0 radical (unpaired) electrons. The van der Waals surface area contributed by atoms with Crippen LogP contribution in [0, 0.1) is 15.2 Å². The van der Waals surface area contributed by atoms with Crippen molar-refractivity contribution < 1.29 is 8.78 Å². The molecule has 0 aromatic heterocycles. The highest BCUT2D eigenvalue weighted by Crippen LogP contribution is 2.28. The molecule has 0 saturated carbocycles. The van der Waals surface area contributed by atoms with Gasteiger partial charge in [-0.3, -0.25) is 0 Å². The minimum absolute atomic E-state index is 0.000269. The zero-order valence-electron chi connectivity index (χ0n) is 11.5. The smallest absolute Gasteiger partial charge is 0.126 e. The third kappa shape index (κ3) is 4.72. The van der Waals surface area contributed by atoms with Crippen molar-refractivity contribution in [1.82, 2.24) is 5.32 Å². The first-order valence-electron chi connectivity index (χ1n) is 6.63. The molecule has 1 unspecified atom stereocenters. The van der Waals surface area contributed by atoms with Crippen LogP contribution in [0.1, 0.15) is 24.1 Å². The summed E-state index contributed by atoms with van der Waals surface area (Å²) in [4.78, 5) is 0. The molecule has 2 rings (SSSR count). The van der Waals surface area contributed by atoms with Gasteiger partial charge in [0, 0.05) is 20.2 Å². The fourth-order valence-electron chi connectivity index (χ4n) is 2.28.